The standard InChI is InChI=1S/C22H19Cl3N2O5/c1-11-17(12(2)32-27-11)10-30-16-6-4-14(5-7-16)22(29)31-13(3)21(28)26-20-18(24)8-15(23)9-19(20)25/h4-9,13H,10H2,1-3H3,(H,26,28). The van der Waals surface area contributed by atoms with Gasteiger partial charge in [0.15, 0.2) is 6.10 Å². The van der Waals surface area contributed by atoms with Crippen molar-refractivity contribution >= 4 is 52.4 Å². The summed E-state index contributed by atoms with van der Waals surface area (Å²) in [4.78, 5) is 24.8. The molecule has 0 spiro atoms. The van der Waals surface area contributed by atoms with E-state index in [0.29, 0.717) is 16.5 Å². The molecule has 10 heteroatoms. The van der Waals surface area contributed by atoms with E-state index < -0.39 is 18.0 Å². The lowest BCUT2D eigenvalue weighted by atomic mass is 10.2. The Morgan fingerprint density at radius 1 is 1.09 bits per heavy atom. The Kier molecular flexibility index (Phi) is 7.66. The number of amides is 1. The second-order valence-electron chi connectivity index (χ2n) is 6.90. The number of carbonyl (C=O) groups is 2. The predicted molar refractivity (Wildman–Crippen MR) is 122 cm³/mol. The van der Waals surface area contributed by atoms with Crippen LogP contribution in [0.1, 0.15) is 34.3 Å². The zero-order valence-electron chi connectivity index (χ0n) is 17.4. The van der Waals surface area contributed by atoms with E-state index >= 15 is 0 Å². The van der Waals surface area contributed by atoms with E-state index in [1.807, 2.05) is 13.8 Å². The number of anilines is 1. The van der Waals surface area contributed by atoms with Gasteiger partial charge < -0.3 is 19.3 Å². The highest BCUT2D eigenvalue weighted by Gasteiger charge is 2.21. The van der Waals surface area contributed by atoms with Gasteiger partial charge in [0.05, 0.1) is 32.6 Å². The molecule has 7 nitrogen and oxygen atoms in total. The summed E-state index contributed by atoms with van der Waals surface area (Å²) in [6, 6.07) is 9.23. The first-order valence-electron chi connectivity index (χ1n) is 9.46. The molecule has 1 heterocycles. The van der Waals surface area contributed by atoms with Crippen LogP contribution in [0.4, 0.5) is 5.69 Å². The molecule has 0 fully saturated rings. The Labute approximate surface area is 199 Å². The normalized spacial score (nSPS) is 11.7. The third-order valence-corrected chi connectivity index (χ3v) is 5.38. The van der Waals surface area contributed by atoms with Crippen LogP contribution in [0.5, 0.6) is 5.75 Å². The maximum Gasteiger partial charge on any atom is 0.338 e. The molecule has 3 aromatic rings. The number of rotatable bonds is 7. The molecule has 32 heavy (non-hydrogen) atoms. The van der Waals surface area contributed by atoms with E-state index in [1.165, 1.54) is 19.1 Å². The van der Waals surface area contributed by atoms with Crippen LogP contribution in [0.15, 0.2) is 40.9 Å². The molecule has 1 unspecified atom stereocenters. The highest BCUT2D eigenvalue weighted by molar-refractivity contribution is 6.42. The molecule has 168 valence electrons. The molecular weight excluding hydrogens is 479 g/mol. The first kappa shape index (κ1) is 23.9. The zero-order chi connectivity index (χ0) is 23.4. The highest BCUT2D eigenvalue weighted by atomic mass is 35.5. The van der Waals surface area contributed by atoms with Crippen molar-refractivity contribution in [2.75, 3.05) is 5.32 Å². The topological polar surface area (TPSA) is 90.7 Å². The van der Waals surface area contributed by atoms with E-state index in [2.05, 4.69) is 10.5 Å². The van der Waals surface area contributed by atoms with Gasteiger partial charge in [0, 0.05) is 5.02 Å². The summed E-state index contributed by atoms with van der Waals surface area (Å²) in [6.07, 6.45) is -1.10. The lowest BCUT2D eigenvalue weighted by Crippen LogP contribution is -2.30. The fourth-order valence-corrected chi connectivity index (χ4v) is 3.63. The largest absolute Gasteiger partial charge is 0.489 e. The minimum atomic E-state index is -1.10. The van der Waals surface area contributed by atoms with Crippen molar-refractivity contribution in [2.45, 2.75) is 33.5 Å². The maximum absolute atomic E-state index is 12.4. The molecule has 0 saturated heterocycles. The average molecular weight is 498 g/mol. The van der Waals surface area contributed by atoms with Crippen LogP contribution in [0, 0.1) is 13.8 Å². The number of carbonyl (C=O) groups excluding carboxylic acids is 2. The molecule has 1 amide bonds. The first-order valence-corrected chi connectivity index (χ1v) is 10.6. The van der Waals surface area contributed by atoms with Crippen molar-refractivity contribution in [1.29, 1.82) is 0 Å². The van der Waals surface area contributed by atoms with Gasteiger partial charge in [-0.25, -0.2) is 4.79 Å². The van der Waals surface area contributed by atoms with Crippen LogP contribution in [-0.4, -0.2) is 23.1 Å². The van der Waals surface area contributed by atoms with Gasteiger partial charge in [0.25, 0.3) is 5.91 Å². The second-order valence-corrected chi connectivity index (χ2v) is 8.15. The van der Waals surface area contributed by atoms with Crippen molar-refractivity contribution in [3.63, 3.8) is 0 Å². The van der Waals surface area contributed by atoms with Crippen molar-refractivity contribution in [2.24, 2.45) is 0 Å². The Morgan fingerprint density at radius 3 is 2.28 bits per heavy atom. The highest BCUT2D eigenvalue weighted by Crippen LogP contribution is 2.33. The van der Waals surface area contributed by atoms with Gasteiger partial charge in [-0.05, 0) is 57.2 Å². The van der Waals surface area contributed by atoms with E-state index in [9.17, 15) is 9.59 Å². The monoisotopic (exact) mass is 496 g/mol. The van der Waals surface area contributed by atoms with Crippen LogP contribution in [0.3, 0.4) is 0 Å². The van der Waals surface area contributed by atoms with Gasteiger partial charge >= 0.3 is 5.97 Å². The first-order chi connectivity index (χ1) is 15.2. The number of halogens is 3. The Bertz CT molecular complexity index is 1100. The number of hydrogen-bond donors (Lipinski definition) is 1. The van der Waals surface area contributed by atoms with Crippen LogP contribution in [-0.2, 0) is 16.1 Å². The molecule has 1 N–H and O–H groups in total. The van der Waals surface area contributed by atoms with E-state index in [4.69, 9.17) is 48.8 Å². The lowest BCUT2D eigenvalue weighted by Gasteiger charge is -2.15. The van der Waals surface area contributed by atoms with Gasteiger partial charge in [-0.3, -0.25) is 4.79 Å². The minimum absolute atomic E-state index is 0.168. The summed E-state index contributed by atoms with van der Waals surface area (Å²) in [7, 11) is 0. The number of aromatic nitrogens is 1. The van der Waals surface area contributed by atoms with Gasteiger partial charge in [-0.15, -0.1) is 0 Å². The van der Waals surface area contributed by atoms with Gasteiger partial charge in [0.1, 0.15) is 18.1 Å². The smallest absolute Gasteiger partial charge is 0.338 e. The number of benzene rings is 2. The third-order valence-electron chi connectivity index (χ3n) is 4.56. The fraction of sp³-hybridized carbons (Fsp3) is 0.227. The summed E-state index contributed by atoms with van der Waals surface area (Å²) in [5.41, 5.74) is 2.08. The molecule has 0 radical (unpaired) electrons. The van der Waals surface area contributed by atoms with Gasteiger partial charge in [0.2, 0.25) is 0 Å². The van der Waals surface area contributed by atoms with Crippen molar-refractivity contribution in [3.05, 3.63) is 74.0 Å². The van der Waals surface area contributed by atoms with Crippen molar-refractivity contribution in [3.8, 4) is 5.75 Å². The fourth-order valence-electron chi connectivity index (χ4n) is 2.72. The number of nitrogens with one attached hydrogen (secondary N) is 1. The van der Waals surface area contributed by atoms with Crippen molar-refractivity contribution < 1.29 is 23.6 Å². The Balaban J connectivity index is 1.57. The summed E-state index contributed by atoms with van der Waals surface area (Å²) in [6.45, 7) is 5.37. The summed E-state index contributed by atoms with van der Waals surface area (Å²) in [5.74, 6) is -0.0161. The molecule has 0 aliphatic carbocycles. The number of ether oxygens (including phenoxy) is 2. The molecule has 2 aromatic carbocycles. The van der Waals surface area contributed by atoms with Crippen LogP contribution in [0.25, 0.3) is 0 Å². The van der Waals surface area contributed by atoms with E-state index in [-0.39, 0.29) is 27.9 Å². The SMILES string of the molecule is Cc1noc(C)c1COc1ccc(C(=O)OC(C)C(=O)Nc2c(Cl)cc(Cl)cc2Cl)cc1. The van der Waals surface area contributed by atoms with Gasteiger partial charge in [-0.1, -0.05) is 40.0 Å². The summed E-state index contributed by atoms with van der Waals surface area (Å²) in [5, 5.41) is 7.08. The van der Waals surface area contributed by atoms with Crippen LogP contribution in [0.2, 0.25) is 15.1 Å². The Hall–Kier alpha value is -2.74. The molecule has 1 aromatic heterocycles. The maximum atomic E-state index is 12.4. The molecular formula is C22H19Cl3N2O5. The summed E-state index contributed by atoms with van der Waals surface area (Å²) >= 11 is 18.0. The van der Waals surface area contributed by atoms with E-state index in [0.717, 1.165) is 11.3 Å². The lowest BCUT2D eigenvalue weighted by molar-refractivity contribution is -0.123. The quantitative estimate of drug-likeness (QED) is 0.402. The molecule has 0 aliphatic rings. The van der Waals surface area contributed by atoms with Crippen molar-refractivity contribution in [1.82, 2.24) is 5.16 Å². The molecule has 3 rings (SSSR count). The molecule has 1 atom stereocenters. The Morgan fingerprint density at radius 2 is 1.72 bits per heavy atom. The van der Waals surface area contributed by atoms with E-state index in [1.54, 1.807) is 24.3 Å². The number of esters is 1. The molecule has 0 bridgehead atoms. The number of nitrogens with zero attached hydrogens (tertiary/aromatic N) is 1. The number of aryl methyl sites for hydroxylation is 2. The summed E-state index contributed by atoms with van der Waals surface area (Å²) < 4.78 is 16.1. The minimum Gasteiger partial charge on any atom is -0.489 e. The number of hydrogen-bond acceptors (Lipinski definition) is 6. The average Bonchev–Trinajstić information content (AvgIpc) is 3.06. The zero-order valence-corrected chi connectivity index (χ0v) is 19.6. The molecule has 0 saturated carbocycles. The molecule has 0 aliphatic heterocycles. The van der Waals surface area contributed by atoms with Gasteiger partial charge in [-0.2, -0.15) is 0 Å². The predicted octanol–water partition coefficient (Wildman–Crippen LogP) is 6.01. The second kappa shape index (κ2) is 10.3. The third kappa shape index (κ3) is 5.73. The van der Waals surface area contributed by atoms with Crippen LogP contribution < -0.4 is 10.1 Å². The van der Waals surface area contributed by atoms with Crippen LogP contribution >= 0.6 is 34.8 Å².